The molecule has 0 radical (unpaired) electrons. The standard InChI is InChI=1S/C27H26P2.2C2H3N/c1-5-14-24(15-6-1)28(25-16-7-2-8-17-25)22-13-23-29(26-18-9-3-10-19-26)27-20-11-4-12-21-27;2*1-2-3/h1-12,14-21H,13,22-23H2;2*1H3. The summed E-state index contributed by atoms with van der Waals surface area (Å²) in [6.07, 6.45) is 3.72. The van der Waals surface area contributed by atoms with E-state index in [1.807, 2.05) is 0 Å². The van der Waals surface area contributed by atoms with Gasteiger partial charge in [-0.1, -0.05) is 121 Å². The summed E-state index contributed by atoms with van der Waals surface area (Å²) < 4.78 is 0. The summed E-state index contributed by atoms with van der Waals surface area (Å²) in [7, 11) is -0.618. The lowest BCUT2D eigenvalue weighted by atomic mass is 10.4. The molecule has 0 aliphatic heterocycles. The van der Waals surface area contributed by atoms with Crippen molar-refractivity contribution < 1.29 is 0 Å². The third kappa shape index (κ3) is 9.85. The van der Waals surface area contributed by atoms with E-state index < -0.39 is 0 Å². The molecule has 0 amide bonds. The highest BCUT2D eigenvalue weighted by molar-refractivity contribution is 7.74. The van der Waals surface area contributed by atoms with Crippen LogP contribution >= 0.6 is 15.8 Å². The van der Waals surface area contributed by atoms with Gasteiger partial charge in [-0.2, -0.15) is 10.5 Å². The van der Waals surface area contributed by atoms with E-state index in [0.29, 0.717) is 0 Å². The van der Waals surface area contributed by atoms with Crippen molar-refractivity contribution >= 4 is 37.1 Å². The van der Waals surface area contributed by atoms with Crippen LogP contribution in [0.2, 0.25) is 0 Å². The normalized spacial score (nSPS) is 9.66. The second kappa shape index (κ2) is 17.2. The van der Waals surface area contributed by atoms with Crippen molar-refractivity contribution in [1.82, 2.24) is 0 Å². The molecule has 0 atom stereocenters. The number of benzene rings is 4. The molecule has 176 valence electrons. The molecule has 0 aliphatic carbocycles. The summed E-state index contributed by atoms with van der Waals surface area (Å²) in [5.41, 5.74) is 0. The molecule has 35 heavy (non-hydrogen) atoms. The van der Waals surface area contributed by atoms with Crippen LogP contribution in [-0.2, 0) is 0 Å². The highest BCUT2D eigenvalue weighted by Crippen LogP contribution is 2.39. The van der Waals surface area contributed by atoms with Gasteiger partial charge in [0.15, 0.2) is 0 Å². The van der Waals surface area contributed by atoms with Gasteiger partial charge < -0.3 is 0 Å². The summed E-state index contributed by atoms with van der Waals surface area (Å²) in [4.78, 5) is 0. The quantitative estimate of drug-likeness (QED) is 0.256. The van der Waals surface area contributed by atoms with E-state index in [1.165, 1.54) is 53.8 Å². The Kier molecular flexibility index (Phi) is 13.7. The lowest BCUT2D eigenvalue weighted by Crippen LogP contribution is -2.17. The molecule has 0 bridgehead atoms. The molecule has 4 rings (SSSR count). The number of nitriles is 2. The van der Waals surface area contributed by atoms with Gasteiger partial charge >= 0.3 is 0 Å². The molecule has 0 saturated carbocycles. The molecular weight excluding hydrogens is 462 g/mol. The highest BCUT2D eigenvalue weighted by Gasteiger charge is 2.17. The summed E-state index contributed by atoms with van der Waals surface area (Å²) in [5, 5.41) is 20.6. The predicted octanol–water partition coefficient (Wildman–Crippen LogP) is 6.70. The van der Waals surface area contributed by atoms with Gasteiger partial charge in [0, 0.05) is 13.8 Å². The Morgan fingerprint density at radius 2 is 0.657 bits per heavy atom. The average molecular weight is 495 g/mol. The molecule has 4 aromatic rings. The number of hydrogen-bond acceptors (Lipinski definition) is 2. The minimum Gasteiger partial charge on any atom is -0.199 e. The second-order valence-corrected chi connectivity index (χ2v) is 12.1. The first-order chi connectivity index (χ1) is 17.2. The van der Waals surface area contributed by atoms with E-state index >= 15 is 0 Å². The van der Waals surface area contributed by atoms with Gasteiger partial charge in [0.2, 0.25) is 0 Å². The maximum absolute atomic E-state index is 7.32. The Morgan fingerprint density at radius 1 is 0.457 bits per heavy atom. The van der Waals surface area contributed by atoms with Crippen molar-refractivity contribution in [2.45, 2.75) is 20.3 Å². The van der Waals surface area contributed by atoms with E-state index in [9.17, 15) is 0 Å². The Morgan fingerprint density at radius 3 is 0.857 bits per heavy atom. The topological polar surface area (TPSA) is 47.6 Å². The highest BCUT2D eigenvalue weighted by atomic mass is 31.1. The Balaban J connectivity index is 0.000000655. The average Bonchev–Trinajstić information content (AvgIpc) is 2.92. The van der Waals surface area contributed by atoms with Crippen molar-refractivity contribution in [2.24, 2.45) is 0 Å². The van der Waals surface area contributed by atoms with E-state index in [-0.39, 0.29) is 15.8 Å². The van der Waals surface area contributed by atoms with E-state index in [0.717, 1.165) is 0 Å². The number of nitrogens with zero attached hydrogens (tertiary/aromatic N) is 2. The van der Waals surface area contributed by atoms with E-state index in [1.54, 1.807) is 12.1 Å². The monoisotopic (exact) mass is 494 g/mol. The fourth-order valence-electron chi connectivity index (χ4n) is 3.63. The molecule has 0 aliphatic rings. The molecule has 0 spiro atoms. The first-order valence-electron chi connectivity index (χ1n) is 11.6. The molecular formula is C31H32N2P2. The maximum atomic E-state index is 7.32. The largest absolute Gasteiger partial charge is 0.199 e. The van der Waals surface area contributed by atoms with Gasteiger partial charge in [-0.3, -0.25) is 0 Å². The zero-order chi connectivity index (χ0) is 25.1. The van der Waals surface area contributed by atoms with Crippen LogP contribution < -0.4 is 21.2 Å². The Hall–Kier alpha value is -3.28. The summed E-state index contributed by atoms with van der Waals surface area (Å²) in [6, 6.07) is 47.8. The number of hydrogen-bond donors (Lipinski definition) is 0. The van der Waals surface area contributed by atoms with Crippen LogP contribution in [0.5, 0.6) is 0 Å². The fraction of sp³-hybridized carbons (Fsp3) is 0.161. The van der Waals surface area contributed by atoms with Gasteiger partial charge in [0.05, 0.1) is 12.1 Å². The van der Waals surface area contributed by atoms with E-state index in [4.69, 9.17) is 10.5 Å². The summed E-state index contributed by atoms with van der Waals surface area (Å²) >= 11 is 0. The van der Waals surface area contributed by atoms with Crippen LogP contribution in [0.15, 0.2) is 121 Å². The molecule has 0 heterocycles. The van der Waals surface area contributed by atoms with Crippen LogP contribution in [0.25, 0.3) is 0 Å². The first-order valence-corrected chi connectivity index (χ1v) is 14.7. The molecule has 0 N–H and O–H groups in total. The SMILES string of the molecule is CC#N.CC#N.c1ccc(P(CCCP(c2ccccc2)c2ccccc2)c2ccccc2)cc1. The van der Waals surface area contributed by atoms with Crippen LogP contribution in [0, 0.1) is 22.7 Å². The van der Waals surface area contributed by atoms with Gasteiger partial charge in [-0.05, 0) is 55.8 Å². The molecule has 2 nitrogen and oxygen atoms in total. The van der Waals surface area contributed by atoms with Crippen molar-refractivity contribution in [3.63, 3.8) is 0 Å². The first kappa shape index (κ1) is 28.0. The van der Waals surface area contributed by atoms with Crippen molar-refractivity contribution in [3.05, 3.63) is 121 Å². The maximum Gasteiger partial charge on any atom is 0.0587 e. The predicted molar refractivity (Wildman–Crippen MR) is 155 cm³/mol. The van der Waals surface area contributed by atoms with Crippen molar-refractivity contribution in [1.29, 1.82) is 10.5 Å². The lowest BCUT2D eigenvalue weighted by molar-refractivity contribution is 1.11. The van der Waals surface area contributed by atoms with Gasteiger partial charge in [-0.25, -0.2) is 0 Å². The van der Waals surface area contributed by atoms with Gasteiger partial charge in [0.25, 0.3) is 0 Å². The third-order valence-electron chi connectivity index (χ3n) is 5.03. The van der Waals surface area contributed by atoms with Crippen LogP contribution in [-0.4, -0.2) is 12.3 Å². The zero-order valence-electron chi connectivity index (χ0n) is 20.5. The minimum absolute atomic E-state index is 0.309. The molecule has 4 heteroatoms. The smallest absolute Gasteiger partial charge is 0.0587 e. The van der Waals surface area contributed by atoms with Crippen molar-refractivity contribution in [3.8, 4) is 12.1 Å². The van der Waals surface area contributed by atoms with Crippen LogP contribution in [0.1, 0.15) is 20.3 Å². The molecule has 0 saturated heterocycles. The minimum atomic E-state index is -0.309. The summed E-state index contributed by atoms with van der Waals surface area (Å²) in [6.45, 7) is 2.86. The van der Waals surface area contributed by atoms with E-state index in [2.05, 4.69) is 121 Å². The Bertz CT molecular complexity index is 979. The number of rotatable bonds is 8. The fourth-order valence-corrected chi connectivity index (χ4v) is 8.59. The van der Waals surface area contributed by atoms with Gasteiger partial charge in [-0.15, -0.1) is 0 Å². The molecule has 0 unspecified atom stereocenters. The van der Waals surface area contributed by atoms with Gasteiger partial charge in [0.1, 0.15) is 0 Å². The van der Waals surface area contributed by atoms with Crippen LogP contribution in [0.4, 0.5) is 0 Å². The second-order valence-electron chi connectivity index (χ2n) is 7.45. The molecule has 4 aromatic carbocycles. The summed E-state index contributed by atoms with van der Waals surface area (Å²) in [5.74, 6) is 0. The molecule has 0 aromatic heterocycles. The lowest BCUT2D eigenvalue weighted by Gasteiger charge is -2.22. The zero-order valence-corrected chi connectivity index (χ0v) is 22.2. The molecule has 0 fully saturated rings. The third-order valence-corrected chi connectivity index (χ3v) is 10.2. The van der Waals surface area contributed by atoms with Crippen molar-refractivity contribution in [2.75, 3.05) is 12.3 Å². The Labute approximate surface area is 213 Å². The van der Waals surface area contributed by atoms with Crippen LogP contribution in [0.3, 0.4) is 0 Å².